The standard InChI is InChI=1S/C11H10F7N3O3S/c1-10(2,13)11(14,15)19(9(22)20(16)17)21(18)25(23,24)8-6-4-3-5-7(8)12/h3-6H,1-2H3. The molecule has 0 N–H and O–H groups in total. The number of amides is 2. The molecule has 142 valence electrons. The lowest BCUT2D eigenvalue weighted by molar-refractivity contribution is -0.294. The van der Waals surface area contributed by atoms with E-state index in [1.807, 2.05) is 0 Å². The molecule has 0 fully saturated rings. The van der Waals surface area contributed by atoms with Crippen molar-refractivity contribution in [2.45, 2.75) is 30.5 Å². The van der Waals surface area contributed by atoms with Crippen LogP contribution in [-0.4, -0.2) is 41.2 Å². The Morgan fingerprint density at radius 1 is 1.04 bits per heavy atom. The third-order valence-corrected chi connectivity index (χ3v) is 4.22. The molecule has 0 aliphatic carbocycles. The summed E-state index contributed by atoms with van der Waals surface area (Å²) in [6.07, 6.45) is 0. The summed E-state index contributed by atoms with van der Waals surface area (Å²) < 4.78 is 115. The predicted molar refractivity (Wildman–Crippen MR) is 68.0 cm³/mol. The number of rotatable bonds is 5. The number of alkyl halides is 3. The summed E-state index contributed by atoms with van der Waals surface area (Å²) in [5.41, 5.74) is -3.85. The number of nitrogens with zero attached hydrogens (tertiary/aromatic N) is 3. The Morgan fingerprint density at radius 2 is 1.52 bits per heavy atom. The maximum atomic E-state index is 14.1. The molecule has 1 aromatic carbocycles. The van der Waals surface area contributed by atoms with Gasteiger partial charge in [-0.1, -0.05) is 25.6 Å². The second-order valence-electron chi connectivity index (χ2n) is 4.97. The molecule has 2 amide bonds. The molecule has 14 heteroatoms. The van der Waals surface area contributed by atoms with Crippen LogP contribution in [0.4, 0.5) is 35.8 Å². The van der Waals surface area contributed by atoms with Gasteiger partial charge in [0.25, 0.3) is 10.0 Å². The number of carbonyl (C=O) groups is 1. The number of carbonyl (C=O) groups excluding carboxylic acids is 1. The largest absolute Gasteiger partial charge is 0.401 e. The van der Waals surface area contributed by atoms with Crippen LogP contribution in [0.25, 0.3) is 0 Å². The maximum absolute atomic E-state index is 14.1. The topological polar surface area (TPSA) is 60.9 Å². The number of sulfonamides is 1. The molecule has 0 spiro atoms. The van der Waals surface area contributed by atoms with Crippen LogP contribution in [0, 0.1) is 5.82 Å². The third kappa shape index (κ3) is 3.78. The monoisotopic (exact) mass is 397 g/mol. The minimum Gasteiger partial charge on any atom is -0.241 e. The third-order valence-electron chi connectivity index (χ3n) is 2.78. The number of halogens is 7. The SMILES string of the molecule is CC(C)(F)C(F)(F)N(C(=O)N(F)F)N(F)S(=O)(=O)c1ccccc1F. The quantitative estimate of drug-likeness (QED) is 0.331. The molecule has 0 saturated heterocycles. The Kier molecular flexibility index (Phi) is 5.59. The summed E-state index contributed by atoms with van der Waals surface area (Å²) >= 11 is 0. The van der Waals surface area contributed by atoms with Crippen LogP contribution >= 0.6 is 0 Å². The van der Waals surface area contributed by atoms with Gasteiger partial charge in [-0.2, -0.15) is 8.78 Å². The van der Waals surface area contributed by atoms with Gasteiger partial charge in [-0.15, -0.1) is 5.01 Å². The van der Waals surface area contributed by atoms with E-state index < -0.39 is 53.5 Å². The molecule has 1 aromatic rings. The van der Waals surface area contributed by atoms with Crippen molar-refractivity contribution in [1.82, 2.24) is 15.0 Å². The van der Waals surface area contributed by atoms with Gasteiger partial charge in [0.2, 0.25) is 0 Å². The van der Waals surface area contributed by atoms with Gasteiger partial charge in [-0.05, 0) is 26.0 Å². The highest BCUT2D eigenvalue weighted by atomic mass is 32.2. The summed E-state index contributed by atoms with van der Waals surface area (Å²) in [5, 5.41) is -4.56. The first-order chi connectivity index (χ1) is 11.2. The van der Waals surface area contributed by atoms with Crippen LogP contribution in [0.3, 0.4) is 0 Å². The fourth-order valence-electron chi connectivity index (χ4n) is 1.45. The molecule has 0 radical (unpaired) electrons. The van der Waals surface area contributed by atoms with Crippen molar-refractivity contribution < 1.29 is 44.2 Å². The first-order valence-corrected chi connectivity index (χ1v) is 7.58. The van der Waals surface area contributed by atoms with Crippen molar-refractivity contribution in [2.75, 3.05) is 0 Å². The molecule has 0 saturated carbocycles. The van der Waals surface area contributed by atoms with Gasteiger partial charge in [0.05, 0.1) is 4.64 Å². The molecule has 0 aliphatic heterocycles. The van der Waals surface area contributed by atoms with Crippen LogP contribution in [0.15, 0.2) is 29.2 Å². The second kappa shape index (κ2) is 6.67. The van der Waals surface area contributed by atoms with Gasteiger partial charge in [0, 0.05) is 5.34 Å². The molecule has 0 heterocycles. The molecule has 6 nitrogen and oxygen atoms in total. The number of benzene rings is 1. The minimum atomic E-state index is -5.90. The van der Waals surface area contributed by atoms with E-state index in [4.69, 9.17) is 0 Å². The zero-order chi connectivity index (χ0) is 19.8. The number of urea groups is 1. The van der Waals surface area contributed by atoms with Crippen LogP contribution in [-0.2, 0) is 10.0 Å². The average molecular weight is 397 g/mol. The van der Waals surface area contributed by atoms with Crippen LogP contribution in [0.1, 0.15) is 13.8 Å². The molecule has 0 bridgehead atoms. The molecular weight excluding hydrogens is 387 g/mol. The summed E-state index contributed by atoms with van der Waals surface area (Å²) in [4.78, 5) is 9.61. The predicted octanol–water partition coefficient (Wildman–Crippen LogP) is 3.45. The summed E-state index contributed by atoms with van der Waals surface area (Å²) in [6.45, 7) is 0.162. The van der Waals surface area contributed by atoms with Gasteiger partial charge >= 0.3 is 12.1 Å². The lowest BCUT2D eigenvalue weighted by Crippen LogP contribution is -2.63. The number of hydrazine groups is 1. The van der Waals surface area contributed by atoms with Crippen molar-refractivity contribution in [3.05, 3.63) is 30.1 Å². The van der Waals surface area contributed by atoms with Crippen LogP contribution < -0.4 is 0 Å². The highest BCUT2D eigenvalue weighted by Crippen LogP contribution is 2.39. The summed E-state index contributed by atoms with van der Waals surface area (Å²) in [7, 11) is -5.90. The van der Waals surface area contributed by atoms with Crippen molar-refractivity contribution in [1.29, 1.82) is 0 Å². The summed E-state index contributed by atoms with van der Waals surface area (Å²) in [6, 6.07) is -5.86. The van der Waals surface area contributed by atoms with E-state index in [-0.39, 0.29) is 13.8 Å². The normalized spacial score (nSPS) is 13.0. The second-order valence-corrected chi connectivity index (χ2v) is 6.66. The number of hydrogen-bond acceptors (Lipinski definition) is 3. The zero-order valence-electron chi connectivity index (χ0n) is 12.4. The molecule has 0 atom stereocenters. The van der Waals surface area contributed by atoms with E-state index in [1.165, 1.54) is 0 Å². The first-order valence-electron chi connectivity index (χ1n) is 6.14. The Morgan fingerprint density at radius 3 is 1.92 bits per heavy atom. The minimum absolute atomic E-state index is 0.0810. The highest BCUT2D eigenvalue weighted by molar-refractivity contribution is 7.89. The van der Waals surface area contributed by atoms with Crippen LogP contribution in [0.2, 0.25) is 0 Å². The van der Waals surface area contributed by atoms with E-state index in [0.717, 1.165) is 12.1 Å². The highest BCUT2D eigenvalue weighted by Gasteiger charge is 2.61. The zero-order valence-corrected chi connectivity index (χ0v) is 13.2. The smallest absolute Gasteiger partial charge is 0.241 e. The molecule has 0 aliphatic rings. The summed E-state index contributed by atoms with van der Waals surface area (Å²) in [5.74, 6) is -1.63. The van der Waals surface area contributed by atoms with Crippen LogP contribution in [0.5, 0.6) is 0 Å². The Balaban J connectivity index is 3.56. The average Bonchev–Trinajstić information content (AvgIpc) is 2.45. The maximum Gasteiger partial charge on any atom is 0.401 e. The molecule has 0 aromatic heterocycles. The van der Waals surface area contributed by atoms with E-state index in [2.05, 4.69) is 0 Å². The van der Waals surface area contributed by atoms with Crippen molar-refractivity contribution in [3.8, 4) is 0 Å². The van der Waals surface area contributed by atoms with E-state index >= 15 is 0 Å². The molecule has 0 unspecified atom stereocenters. The van der Waals surface area contributed by atoms with Gasteiger partial charge in [0.15, 0.2) is 5.67 Å². The number of hydrogen-bond donors (Lipinski definition) is 0. The Hall–Kier alpha value is -2.09. The molecule has 1 rings (SSSR count). The van der Waals surface area contributed by atoms with E-state index in [0.29, 0.717) is 12.1 Å². The van der Waals surface area contributed by atoms with E-state index in [9.17, 15) is 44.2 Å². The van der Waals surface area contributed by atoms with Crippen molar-refractivity contribution >= 4 is 16.1 Å². The Bertz CT molecular complexity index is 752. The molecular formula is C11H10F7N3O3S. The first kappa shape index (κ1) is 21.0. The van der Waals surface area contributed by atoms with Crippen molar-refractivity contribution in [2.24, 2.45) is 0 Å². The van der Waals surface area contributed by atoms with Gasteiger partial charge < -0.3 is 0 Å². The lowest BCUT2D eigenvalue weighted by Gasteiger charge is -2.37. The van der Waals surface area contributed by atoms with Gasteiger partial charge in [-0.3, -0.25) is 0 Å². The molecule has 25 heavy (non-hydrogen) atoms. The van der Waals surface area contributed by atoms with Gasteiger partial charge in [0.1, 0.15) is 10.7 Å². The van der Waals surface area contributed by atoms with Gasteiger partial charge in [-0.25, -0.2) is 22.0 Å². The lowest BCUT2D eigenvalue weighted by atomic mass is 10.1. The van der Waals surface area contributed by atoms with Crippen molar-refractivity contribution in [3.63, 3.8) is 0 Å². The fourth-order valence-corrected chi connectivity index (χ4v) is 2.57. The fraction of sp³-hybridized carbons (Fsp3) is 0.364. The van der Waals surface area contributed by atoms with E-state index in [1.54, 1.807) is 0 Å². The Labute approximate surface area is 136 Å².